The maximum atomic E-state index is 4.67. The highest BCUT2D eigenvalue weighted by Gasteiger charge is 2.30. The van der Waals surface area contributed by atoms with Gasteiger partial charge in [0.15, 0.2) is 5.65 Å². The molecule has 1 aromatic carbocycles. The molecule has 0 amide bonds. The van der Waals surface area contributed by atoms with Crippen molar-refractivity contribution in [3.8, 4) is 11.1 Å². The fourth-order valence-corrected chi connectivity index (χ4v) is 3.72. The van der Waals surface area contributed by atoms with Gasteiger partial charge in [0.1, 0.15) is 0 Å². The van der Waals surface area contributed by atoms with Gasteiger partial charge in [0.05, 0.1) is 11.1 Å². The van der Waals surface area contributed by atoms with Crippen LogP contribution in [0.25, 0.3) is 22.2 Å². The lowest BCUT2D eigenvalue weighted by Crippen LogP contribution is -2.14. The lowest BCUT2D eigenvalue weighted by molar-refractivity contribution is 0.615. The predicted molar refractivity (Wildman–Crippen MR) is 85.5 cm³/mol. The molecule has 21 heavy (non-hydrogen) atoms. The highest BCUT2D eigenvalue weighted by Crippen LogP contribution is 2.48. The summed E-state index contributed by atoms with van der Waals surface area (Å²) in [6, 6.07) is 8.77. The molecule has 3 heteroatoms. The lowest BCUT2D eigenvalue weighted by atomic mass is 9.73. The van der Waals surface area contributed by atoms with E-state index in [9.17, 15) is 0 Å². The van der Waals surface area contributed by atoms with Crippen LogP contribution in [-0.2, 0) is 7.05 Å². The molecule has 1 aliphatic rings. The van der Waals surface area contributed by atoms with Crippen molar-refractivity contribution in [2.75, 3.05) is 0 Å². The van der Waals surface area contributed by atoms with E-state index in [1.807, 2.05) is 11.7 Å². The van der Waals surface area contributed by atoms with Gasteiger partial charge in [-0.05, 0) is 41.0 Å². The molecular formula is C18H19N3. The van der Waals surface area contributed by atoms with Crippen LogP contribution in [0.3, 0.4) is 0 Å². The van der Waals surface area contributed by atoms with Gasteiger partial charge in [-0.2, -0.15) is 5.10 Å². The molecule has 0 aliphatic heterocycles. The summed E-state index contributed by atoms with van der Waals surface area (Å²) in [7, 11) is 1.97. The summed E-state index contributed by atoms with van der Waals surface area (Å²) < 4.78 is 1.89. The molecule has 0 fully saturated rings. The quantitative estimate of drug-likeness (QED) is 0.617. The number of pyridine rings is 1. The molecule has 0 saturated carbocycles. The monoisotopic (exact) mass is 277 g/mol. The second-order valence-electron chi connectivity index (χ2n) is 6.16. The minimum Gasteiger partial charge on any atom is -0.250 e. The van der Waals surface area contributed by atoms with Crippen LogP contribution < -0.4 is 0 Å². The van der Waals surface area contributed by atoms with E-state index in [2.05, 4.69) is 61.3 Å². The first-order chi connectivity index (χ1) is 10.1. The molecule has 106 valence electrons. The van der Waals surface area contributed by atoms with Gasteiger partial charge in [-0.1, -0.05) is 38.1 Å². The molecule has 0 radical (unpaired) electrons. The number of nitrogens with zero attached hydrogens (tertiary/aromatic N) is 3. The Bertz CT molecular complexity index is 860. The Labute approximate surface area is 124 Å². The highest BCUT2D eigenvalue weighted by molar-refractivity contribution is 5.98. The molecule has 2 unspecified atom stereocenters. The van der Waals surface area contributed by atoms with Crippen molar-refractivity contribution in [3.63, 3.8) is 0 Å². The molecule has 2 atom stereocenters. The Morgan fingerprint density at radius 2 is 1.76 bits per heavy atom. The normalized spacial score (nSPS) is 20.4. The largest absolute Gasteiger partial charge is 0.250 e. The molecule has 0 N–H and O–H groups in total. The van der Waals surface area contributed by atoms with Crippen molar-refractivity contribution < 1.29 is 0 Å². The van der Waals surface area contributed by atoms with E-state index in [-0.39, 0.29) is 0 Å². The van der Waals surface area contributed by atoms with Crippen LogP contribution in [0.4, 0.5) is 0 Å². The summed E-state index contributed by atoms with van der Waals surface area (Å²) >= 11 is 0. The number of hydrogen-bond donors (Lipinski definition) is 0. The zero-order chi connectivity index (χ0) is 14.7. The van der Waals surface area contributed by atoms with Crippen LogP contribution in [0.1, 0.15) is 42.5 Å². The number of fused-ring (bicyclic) bond motifs is 5. The minimum absolute atomic E-state index is 0.478. The van der Waals surface area contributed by atoms with Gasteiger partial charge in [0.2, 0.25) is 0 Å². The fourth-order valence-electron chi connectivity index (χ4n) is 3.72. The van der Waals surface area contributed by atoms with E-state index in [0.29, 0.717) is 11.8 Å². The van der Waals surface area contributed by atoms with E-state index in [1.165, 1.54) is 27.6 Å². The van der Waals surface area contributed by atoms with Gasteiger partial charge in [-0.3, -0.25) is 4.68 Å². The number of hydrogen-bond acceptors (Lipinski definition) is 2. The van der Waals surface area contributed by atoms with Crippen LogP contribution in [0, 0.1) is 6.92 Å². The first kappa shape index (κ1) is 12.6. The second kappa shape index (κ2) is 4.17. The van der Waals surface area contributed by atoms with E-state index in [4.69, 9.17) is 0 Å². The summed E-state index contributed by atoms with van der Waals surface area (Å²) in [4.78, 5) is 4.67. The van der Waals surface area contributed by atoms with E-state index in [0.717, 1.165) is 11.3 Å². The number of aryl methyl sites for hydroxylation is 2. The number of aromatic nitrogens is 3. The molecule has 2 aromatic heterocycles. The van der Waals surface area contributed by atoms with E-state index >= 15 is 0 Å². The summed E-state index contributed by atoms with van der Waals surface area (Å²) in [6.07, 6.45) is 2.05. The average molecular weight is 277 g/mol. The van der Waals surface area contributed by atoms with Crippen LogP contribution in [0.15, 0.2) is 30.5 Å². The third kappa shape index (κ3) is 1.54. The summed E-state index contributed by atoms with van der Waals surface area (Å²) in [5.41, 5.74) is 7.52. The highest BCUT2D eigenvalue weighted by atomic mass is 15.3. The van der Waals surface area contributed by atoms with Crippen molar-refractivity contribution >= 4 is 11.0 Å². The van der Waals surface area contributed by atoms with Crippen molar-refractivity contribution in [2.45, 2.75) is 32.6 Å². The van der Waals surface area contributed by atoms with Crippen molar-refractivity contribution in [1.82, 2.24) is 14.8 Å². The Morgan fingerprint density at radius 3 is 2.57 bits per heavy atom. The standard InChI is InChI=1S/C18H19N3/c1-10-11(2)15-9-19-18-16(12(3)20-21(18)4)17(15)14-8-6-5-7-13(10)14/h5-11H,1-4H3. The number of benzene rings is 1. The molecule has 3 aromatic rings. The zero-order valence-corrected chi connectivity index (χ0v) is 12.9. The van der Waals surface area contributed by atoms with Gasteiger partial charge in [-0.15, -0.1) is 0 Å². The van der Waals surface area contributed by atoms with Crippen LogP contribution in [-0.4, -0.2) is 14.8 Å². The third-order valence-electron chi connectivity index (χ3n) is 5.02. The molecule has 1 aliphatic carbocycles. The molecule has 0 saturated heterocycles. The first-order valence-electron chi connectivity index (χ1n) is 7.51. The summed E-state index contributed by atoms with van der Waals surface area (Å²) in [5, 5.41) is 5.78. The van der Waals surface area contributed by atoms with Gasteiger partial charge >= 0.3 is 0 Å². The smallest absolute Gasteiger partial charge is 0.158 e. The molecule has 0 spiro atoms. The van der Waals surface area contributed by atoms with Gasteiger partial charge in [0, 0.05) is 13.2 Å². The maximum Gasteiger partial charge on any atom is 0.158 e. The molecule has 4 rings (SSSR count). The third-order valence-corrected chi connectivity index (χ3v) is 5.02. The molecular weight excluding hydrogens is 258 g/mol. The lowest BCUT2D eigenvalue weighted by Gasteiger charge is -2.31. The topological polar surface area (TPSA) is 30.7 Å². The average Bonchev–Trinajstić information content (AvgIpc) is 2.79. The Balaban J connectivity index is 2.20. The minimum atomic E-state index is 0.478. The van der Waals surface area contributed by atoms with Gasteiger partial charge in [0.25, 0.3) is 0 Å². The predicted octanol–water partition coefficient (Wildman–Crippen LogP) is 4.16. The molecule has 0 bridgehead atoms. The van der Waals surface area contributed by atoms with E-state index in [1.54, 1.807) is 0 Å². The first-order valence-corrected chi connectivity index (χ1v) is 7.51. The van der Waals surface area contributed by atoms with Gasteiger partial charge in [-0.25, -0.2) is 4.98 Å². The zero-order valence-electron chi connectivity index (χ0n) is 12.9. The fraction of sp³-hybridized carbons (Fsp3) is 0.333. The Morgan fingerprint density at radius 1 is 1.05 bits per heavy atom. The van der Waals surface area contributed by atoms with Gasteiger partial charge < -0.3 is 0 Å². The Kier molecular flexibility index (Phi) is 2.49. The van der Waals surface area contributed by atoms with Crippen molar-refractivity contribution in [3.05, 3.63) is 47.3 Å². The summed E-state index contributed by atoms with van der Waals surface area (Å²) in [6.45, 7) is 6.70. The summed E-state index contributed by atoms with van der Waals surface area (Å²) in [5.74, 6) is 0.997. The maximum absolute atomic E-state index is 4.67. The van der Waals surface area contributed by atoms with Crippen LogP contribution >= 0.6 is 0 Å². The SMILES string of the molecule is Cc1nn(C)c2ncc3c(c12)-c1ccccc1C(C)C3C. The van der Waals surface area contributed by atoms with Crippen molar-refractivity contribution in [1.29, 1.82) is 0 Å². The van der Waals surface area contributed by atoms with Crippen LogP contribution in [0.2, 0.25) is 0 Å². The molecule has 2 heterocycles. The Hall–Kier alpha value is -2.16. The number of rotatable bonds is 0. The molecule has 3 nitrogen and oxygen atoms in total. The van der Waals surface area contributed by atoms with Crippen LogP contribution in [0.5, 0.6) is 0 Å². The van der Waals surface area contributed by atoms with Crippen molar-refractivity contribution in [2.24, 2.45) is 7.05 Å². The second-order valence-corrected chi connectivity index (χ2v) is 6.16. The van der Waals surface area contributed by atoms with E-state index < -0.39 is 0 Å².